The van der Waals surface area contributed by atoms with E-state index < -0.39 is 0 Å². The highest BCUT2D eigenvalue weighted by Crippen LogP contribution is 2.30. The van der Waals surface area contributed by atoms with Crippen LogP contribution in [0.25, 0.3) is 0 Å². The fourth-order valence-corrected chi connectivity index (χ4v) is 1.93. The zero-order valence-electron chi connectivity index (χ0n) is 10.2. The second kappa shape index (κ2) is 5.64. The normalized spacial score (nSPS) is 14.1. The van der Waals surface area contributed by atoms with Gasteiger partial charge in [0.25, 0.3) is 0 Å². The third-order valence-electron chi connectivity index (χ3n) is 3.27. The van der Waals surface area contributed by atoms with E-state index in [-0.39, 0.29) is 11.2 Å². The summed E-state index contributed by atoms with van der Waals surface area (Å²) >= 11 is 0. The maximum absolute atomic E-state index is 11.8. The molecule has 1 unspecified atom stereocenters. The van der Waals surface area contributed by atoms with Gasteiger partial charge in [0.15, 0.2) is 0 Å². The fourth-order valence-electron chi connectivity index (χ4n) is 1.93. The van der Waals surface area contributed by atoms with E-state index in [4.69, 9.17) is 0 Å². The zero-order valence-corrected chi connectivity index (χ0v) is 10.2. The number of unbranched alkanes of at least 4 members (excludes halogenated alkanes) is 1. The van der Waals surface area contributed by atoms with Crippen LogP contribution in [0, 0.1) is 0 Å². The van der Waals surface area contributed by atoms with Crippen LogP contribution >= 0.6 is 0 Å². The monoisotopic (exact) mass is 216 g/mol. The minimum atomic E-state index is -0.343. The fraction of sp³-hybridized carbons (Fsp3) is 0.400. The molecule has 0 aliphatic heterocycles. The van der Waals surface area contributed by atoms with Gasteiger partial charge in [-0.3, -0.25) is 4.79 Å². The summed E-state index contributed by atoms with van der Waals surface area (Å²) in [4.78, 5) is 11.8. The Bertz CT molecular complexity index is 353. The van der Waals surface area contributed by atoms with E-state index in [0.717, 1.165) is 24.8 Å². The summed E-state index contributed by atoms with van der Waals surface area (Å²) in [5, 5.41) is 0. The van der Waals surface area contributed by atoms with Crippen molar-refractivity contribution in [1.82, 2.24) is 0 Å². The standard InChI is InChI=1S/C15H20O/c1-4-5-9-12-15(3,13(2)16)14-10-7-6-8-11-14/h4,6-8,10-11H,1,5,9,12H2,2-3H3. The minimum Gasteiger partial charge on any atom is -0.299 e. The summed E-state index contributed by atoms with van der Waals surface area (Å²) < 4.78 is 0. The number of carbonyl (C=O) groups is 1. The molecule has 0 N–H and O–H groups in total. The average Bonchev–Trinajstić information content (AvgIpc) is 2.30. The van der Waals surface area contributed by atoms with Crippen molar-refractivity contribution in [3.05, 3.63) is 48.6 Å². The van der Waals surface area contributed by atoms with Gasteiger partial charge in [-0.05, 0) is 38.7 Å². The van der Waals surface area contributed by atoms with Crippen LogP contribution in [-0.2, 0) is 10.2 Å². The number of benzene rings is 1. The van der Waals surface area contributed by atoms with Crippen molar-refractivity contribution < 1.29 is 4.79 Å². The maximum Gasteiger partial charge on any atom is 0.140 e. The van der Waals surface area contributed by atoms with E-state index >= 15 is 0 Å². The topological polar surface area (TPSA) is 17.1 Å². The smallest absolute Gasteiger partial charge is 0.140 e. The van der Waals surface area contributed by atoms with Crippen LogP contribution in [0.2, 0.25) is 0 Å². The molecule has 0 radical (unpaired) electrons. The molecular formula is C15H20O. The van der Waals surface area contributed by atoms with Gasteiger partial charge in [0.1, 0.15) is 5.78 Å². The van der Waals surface area contributed by atoms with Gasteiger partial charge >= 0.3 is 0 Å². The number of carbonyl (C=O) groups excluding carboxylic acids is 1. The first-order chi connectivity index (χ1) is 7.61. The van der Waals surface area contributed by atoms with E-state index in [0.29, 0.717) is 0 Å². The van der Waals surface area contributed by atoms with Gasteiger partial charge in [-0.25, -0.2) is 0 Å². The number of hydrogen-bond donors (Lipinski definition) is 0. The number of ketones is 1. The van der Waals surface area contributed by atoms with Gasteiger partial charge in [-0.2, -0.15) is 0 Å². The third kappa shape index (κ3) is 2.82. The zero-order chi connectivity index (χ0) is 12.0. The Morgan fingerprint density at radius 1 is 1.38 bits per heavy atom. The number of allylic oxidation sites excluding steroid dienone is 1. The van der Waals surface area contributed by atoms with E-state index in [9.17, 15) is 4.79 Å². The molecule has 0 aromatic heterocycles. The molecule has 0 aliphatic carbocycles. The quantitative estimate of drug-likeness (QED) is 0.521. The highest BCUT2D eigenvalue weighted by Gasteiger charge is 2.30. The van der Waals surface area contributed by atoms with Crippen LogP contribution in [0.4, 0.5) is 0 Å². The summed E-state index contributed by atoms with van der Waals surface area (Å²) in [5.41, 5.74) is 0.774. The van der Waals surface area contributed by atoms with Crippen LogP contribution < -0.4 is 0 Å². The van der Waals surface area contributed by atoms with Crippen molar-refractivity contribution in [1.29, 1.82) is 0 Å². The second-order valence-corrected chi connectivity index (χ2v) is 4.44. The molecule has 1 aromatic carbocycles. The predicted octanol–water partition coefficient (Wildman–Crippen LogP) is 3.89. The molecule has 0 heterocycles. The third-order valence-corrected chi connectivity index (χ3v) is 3.27. The lowest BCUT2D eigenvalue weighted by molar-refractivity contribution is -0.122. The molecule has 1 atom stereocenters. The Balaban J connectivity index is 2.89. The van der Waals surface area contributed by atoms with Crippen molar-refractivity contribution in [3.8, 4) is 0 Å². The van der Waals surface area contributed by atoms with Crippen LogP contribution in [0.1, 0.15) is 38.7 Å². The molecule has 1 nitrogen and oxygen atoms in total. The SMILES string of the molecule is C=CCCCC(C)(C(C)=O)c1ccccc1. The summed E-state index contributed by atoms with van der Waals surface area (Å²) in [5.74, 6) is 0.239. The summed E-state index contributed by atoms with van der Waals surface area (Å²) in [7, 11) is 0. The molecule has 0 amide bonds. The molecule has 0 aliphatic rings. The first kappa shape index (κ1) is 12.7. The molecule has 0 bridgehead atoms. The predicted molar refractivity (Wildman–Crippen MR) is 68.5 cm³/mol. The largest absolute Gasteiger partial charge is 0.299 e. The molecule has 16 heavy (non-hydrogen) atoms. The van der Waals surface area contributed by atoms with Gasteiger partial charge in [0.05, 0.1) is 5.41 Å². The minimum absolute atomic E-state index is 0.239. The molecular weight excluding hydrogens is 196 g/mol. The van der Waals surface area contributed by atoms with E-state index in [1.165, 1.54) is 0 Å². The molecule has 0 spiro atoms. The highest BCUT2D eigenvalue weighted by atomic mass is 16.1. The molecule has 0 saturated carbocycles. The van der Waals surface area contributed by atoms with Crippen LogP contribution in [0.15, 0.2) is 43.0 Å². The Hall–Kier alpha value is -1.37. The van der Waals surface area contributed by atoms with Crippen molar-refractivity contribution in [2.24, 2.45) is 0 Å². The van der Waals surface area contributed by atoms with Crippen molar-refractivity contribution in [2.75, 3.05) is 0 Å². The number of rotatable bonds is 6. The lowest BCUT2D eigenvalue weighted by Crippen LogP contribution is -2.30. The molecule has 0 fully saturated rings. The number of Topliss-reactive ketones (excluding diaryl/α,β-unsaturated/α-hetero) is 1. The molecule has 1 rings (SSSR count). The van der Waals surface area contributed by atoms with Gasteiger partial charge in [-0.1, -0.05) is 36.4 Å². The lowest BCUT2D eigenvalue weighted by atomic mass is 9.75. The van der Waals surface area contributed by atoms with E-state index in [1.54, 1.807) is 6.92 Å². The Kier molecular flexibility index (Phi) is 4.48. The van der Waals surface area contributed by atoms with Gasteiger partial charge in [-0.15, -0.1) is 6.58 Å². The number of hydrogen-bond acceptors (Lipinski definition) is 1. The Morgan fingerprint density at radius 3 is 2.50 bits per heavy atom. The lowest BCUT2D eigenvalue weighted by Gasteiger charge is -2.27. The first-order valence-electron chi connectivity index (χ1n) is 5.78. The van der Waals surface area contributed by atoms with Gasteiger partial charge in [0.2, 0.25) is 0 Å². The maximum atomic E-state index is 11.8. The molecule has 0 saturated heterocycles. The highest BCUT2D eigenvalue weighted by molar-refractivity contribution is 5.87. The second-order valence-electron chi connectivity index (χ2n) is 4.44. The van der Waals surface area contributed by atoms with Crippen molar-refractivity contribution in [2.45, 2.75) is 38.5 Å². The van der Waals surface area contributed by atoms with E-state index in [1.807, 2.05) is 43.3 Å². The van der Waals surface area contributed by atoms with Crippen LogP contribution in [0.5, 0.6) is 0 Å². The Morgan fingerprint density at radius 2 is 2.00 bits per heavy atom. The van der Waals surface area contributed by atoms with Crippen molar-refractivity contribution >= 4 is 5.78 Å². The average molecular weight is 216 g/mol. The first-order valence-corrected chi connectivity index (χ1v) is 5.78. The van der Waals surface area contributed by atoms with E-state index in [2.05, 4.69) is 6.58 Å². The van der Waals surface area contributed by atoms with Crippen molar-refractivity contribution in [3.63, 3.8) is 0 Å². The Labute approximate surface area is 98.2 Å². The summed E-state index contributed by atoms with van der Waals surface area (Å²) in [6, 6.07) is 10.0. The molecule has 1 aromatic rings. The van der Waals surface area contributed by atoms with Gasteiger partial charge in [0, 0.05) is 0 Å². The van der Waals surface area contributed by atoms with Crippen LogP contribution in [0.3, 0.4) is 0 Å². The summed E-state index contributed by atoms with van der Waals surface area (Å²) in [6.45, 7) is 7.43. The summed E-state index contributed by atoms with van der Waals surface area (Å²) in [6.07, 6.45) is 4.77. The molecule has 1 heteroatoms. The molecule has 86 valence electrons. The van der Waals surface area contributed by atoms with Crippen LogP contribution in [-0.4, -0.2) is 5.78 Å². The van der Waals surface area contributed by atoms with Gasteiger partial charge < -0.3 is 0 Å².